The van der Waals surface area contributed by atoms with Crippen LogP contribution < -0.4 is 5.32 Å². The summed E-state index contributed by atoms with van der Waals surface area (Å²) in [4.78, 5) is 22.1. The fraction of sp³-hybridized carbons (Fsp3) is 0.333. The molecule has 0 unspecified atom stereocenters. The highest BCUT2D eigenvalue weighted by atomic mass is 16.5. The molecule has 0 saturated carbocycles. The normalized spacial score (nSPS) is 11.9. The standard InChI is InChI=1S/C12H15NO4/c1-8(12(15)16)13-10-5-3-9(4-6-10)11(14)7-17-2/h3-6,8,13H,7H2,1-2H3,(H,15,16)/t8-/m0/s1. The van der Waals surface area contributed by atoms with Crippen LogP contribution in [0.2, 0.25) is 0 Å². The molecule has 0 amide bonds. The summed E-state index contributed by atoms with van der Waals surface area (Å²) in [5, 5.41) is 11.5. The van der Waals surface area contributed by atoms with Gasteiger partial charge in [0.15, 0.2) is 5.78 Å². The molecule has 1 atom stereocenters. The third kappa shape index (κ3) is 3.88. The first kappa shape index (κ1) is 13.2. The first-order valence-corrected chi connectivity index (χ1v) is 5.16. The van der Waals surface area contributed by atoms with Crippen molar-refractivity contribution in [3.05, 3.63) is 29.8 Å². The molecule has 0 fully saturated rings. The number of Topliss-reactive ketones (excluding diaryl/α,β-unsaturated/α-hetero) is 1. The van der Waals surface area contributed by atoms with E-state index in [9.17, 15) is 9.59 Å². The zero-order chi connectivity index (χ0) is 12.8. The molecular formula is C12H15NO4. The molecule has 17 heavy (non-hydrogen) atoms. The van der Waals surface area contributed by atoms with E-state index < -0.39 is 12.0 Å². The number of carbonyl (C=O) groups excluding carboxylic acids is 1. The third-order valence-electron chi connectivity index (χ3n) is 2.24. The highest BCUT2D eigenvalue weighted by Gasteiger charge is 2.10. The quantitative estimate of drug-likeness (QED) is 0.731. The molecule has 0 saturated heterocycles. The molecule has 0 bridgehead atoms. The van der Waals surface area contributed by atoms with E-state index in [1.807, 2.05) is 0 Å². The van der Waals surface area contributed by atoms with Crippen molar-refractivity contribution < 1.29 is 19.4 Å². The Morgan fingerprint density at radius 1 is 1.35 bits per heavy atom. The van der Waals surface area contributed by atoms with Gasteiger partial charge in [-0.2, -0.15) is 0 Å². The van der Waals surface area contributed by atoms with Crippen LogP contribution in [0.15, 0.2) is 24.3 Å². The van der Waals surface area contributed by atoms with Crippen LogP contribution in [0.4, 0.5) is 5.69 Å². The Kier molecular flexibility index (Phi) is 4.66. The number of methoxy groups -OCH3 is 1. The Morgan fingerprint density at radius 3 is 2.41 bits per heavy atom. The van der Waals surface area contributed by atoms with E-state index in [2.05, 4.69) is 5.32 Å². The number of nitrogens with one attached hydrogen (secondary N) is 1. The van der Waals surface area contributed by atoms with Gasteiger partial charge in [-0.25, -0.2) is 0 Å². The Labute approximate surface area is 99.4 Å². The Hall–Kier alpha value is -1.88. The lowest BCUT2D eigenvalue weighted by Gasteiger charge is -2.10. The van der Waals surface area contributed by atoms with Gasteiger partial charge in [-0.05, 0) is 31.2 Å². The number of anilines is 1. The predicted molar refractivity (Wildman–Crippen MR) is 63.4 cm³/mol. The van der Waals surface area contributed by atoms with Gasteiger partial charge in [0.1, 0.15) is 12.6 Å². The molecule has 1 aromatic carbocycles. The summed E-state index contributed by atoms with van der Waals surface area (Å²) in [6.45, 7) is 1.59. The fourth-order valence-electron chi connectivity index (χ4n) is 1.28. The lowest BCUT2D eigenvalue weighted by Crippen LogP contribution is -2.25. The maximum absolute atomic E-state index is 11.4. The van der Waals surface area contributed by atoms with Crippen LogP contribution in [0.25, 0.3) is 0 Å². The predicted octanol–water partition coefficient (Wildman–Crippen LogP) is 1.40. The fourth-order valence-corrected chi connectivity index (χ4v) is 1.28. The molecule has 0 aliphatic heterocycles. The van der Waals surface area contributed by atoms with Crippen molar-refractivity contribution in [2.45, 2.75) is 13.0 Å². The smallest absolute Gasteiger partial charge is 0.325 e. The number of rotatable bonds is 6. The topological polar surface area (TPSA) is 75.6 Å². The highest BCUT2D eigenvalue weighted by molar-refractivity contribution is 5.97. The van der Waals surface area contributed by atoms with Crippen LogP contribution in [0.5, 0.6) is 0 Å². The molecule has 0 aliphatic carbocycles. The summed E-state index contributed by atoms with van der Waals surface area (Å²) in [5.74, 6) is -1.03. The molecule has 1 rings (SSSR count). The molecular weight excluding hydrogens is 222 g/mol. The molecule has 5 nitrogen and oxygen atoms in total. The molecule has 92 valence electrons. The van der Waals surface area contributed by atoms with E-state index in [0.29, 0.717) is 11.3 Å². The van der Waals surface area contributed by atoms with Gasteiger partial charge < -0.3 is 15.2 Å². The Bertz CT molecular complexity index is 399. The second kappa shape index (κ2) is 6.00. The van der Waals surface area contributed by atoms with Gasteiger partial charge in [-0.1, -0.05) is 0 Å². The van der Waals surface area contributed by atoms with Gasteiger partial charge in [-0.15, -0.1) is 0 Å². The van der Waals surface area contributed by atoms with Crippen molar-refractivity contribution >= 4 is 17.4 Å². The number of aliphatic carboxylic acids is 1. The lowest BCUT2D eigenvalue weighted by molar-refractivity contribution is -0.137. The summed E-state index contributed by atoms with van der Waals surface area (Å²) < 4.78 is 4.74. The van der Waals surface area contributed by atoms with E-state index in [1.165, 1.54) is 7.11 Å². The van der Waals surface area contributed by atoms with Crippen LogP contribution >= 0.6 is 0 Å². The van der Waals surface area contributed by atoms with Crippen molar-refractivity contribution in [2.24, 2.45) is 0 Å². The lowest BCUT2D eigenvalue weighted by atomic mass is 10.1. The van der Waals surface area contributed by atoms with E-state index in [0.717, 1.165) is 0 Å². The average molecular weight is 237 g/mol. The van der Waals surface area contributed by atoms with Crippen molar-refractivity contribution in [3.8, 4) is 0 Å². The van der Waals surface area contributed by atoms with Crippen LogP contribution in [-0.4, -0.2) is 36.6 Å². The monoisotopic (exact) mass is 237 g/mol. The molecule has 0 aliphatic rings. The highest BCUT2D eigenvalue weighted by Crippen LogP contribution is 2.11. The van der Waals surface area contributed by atoms with Crippen molar-refractivity contribution in [1.82, 2.24) is 0 Å². The second-order valence-electron chi connectivity index (χ2n) is 3.64. The first-order valence-electron chi connectivity index (χ1n) is 5.16. The minimum Gasteiger partial charge on any atom is -0.480 e. The first-order chi connectivity index (χ1) is 8.04. The van der Waals surface area contributed by atoms with Gasteiger partial charge in [0.25, 0.3) is 0 Å². The van der Waals surface area contributed by atoms with Crippen molar-refractivity contribution in [3.63, 3.8) is 0 Å². The zero-order valence-electron chi connectivity index (χ0n) is 9.77. The number of carbonyl (C=O) groups is 2. The van der Waals surface area contributed by atoms with Crippen LogP contribution in [0.3, 0.4) is 0 Å². The number of hydrogen-bond donors (Lipinski definition) is 2. The largest absolute Gasteiger partial charge is 0.480 e. The number of ketones is 1. The summed E-state index contributed by atoms with van der Waals surface area (Å²) in [6, 6.07) is 5.94. The van der Waals surface area contributed by atoms with Crippen LogP contribution in [0.1, 0.15) is 17.3 Å². The maximum Gasteiger partial charge on any atom is 0.325 e. The van der Waals surface area contributed by atoms with Crippen LogP contribution in [-0.2, 0) is 9.53 Å². The summed E-state index contributed by atoms with van der Waals surface area (Å²) in [7, 11) is 1.46. The molecule has 2 N–H and O–H groups in total. The summed E-state index contributed by atoms with van der Waals surface area (Å²) in [5.41, 5.74) is 1.20. The number of hydrogen-bond acceptors (Lipinski definition) is 4. The Morgan fingerprint density at radius 2 is 1.94 bits per heavy atom. The zero-order valence-corrected chi connectivity index (χ0v) is 9.77. The summed E-state index contributed by atoms with van der Waals surface area (Å²) >= 11 is 0. The average Bonchev–Trinajstić information content (AvgIpc) is 2.30. The van der Waals surface area contributed by atoms with Gasteiger partial charge in [-0.3, -0.25) is 9.59 Å². The Balaban J connectivity index is 2.68. The van der Waals surface area contributed by atoms with Gasteiger partial charge >= 0.3 is 5.97 Å². The molecule has 0 radical (unpaired) electrons. The number of benzene rings is 1. The number of carboxylic acid groups (broad SMARTS) is 1. The maximum atomic E-state index is 11.4. The number of ether oxygens (including phenoxy) is 1. The third-order valence-corrected chi connectivity index (χ3v) is 2.24. The molecule has 0 aromatic heterocycles. The SMILES string of the molecule is COCC(=O)c1ccc(N[C@@H](C)C(=O)O)cc1. The van der Waals surface area contributed by atoms with E-state index in [1.54, 1.807) is 31.2 Å². The van der Waals surface area contributed by atoms with Crippen molar-refractivity contribution in [1.29, 1.82) is 0 Å². The molecule has 0 spiro atoms. The molecule has 1 aromatic rings. The number of carboxylic acids is 1. The van der Waals surface area contributed by atoms with E-state index in [4.69, 9.17) is 9.84 Å². The van der Waals surface area contributed by atoms with E-state index >= 15 is 0 Å². The summed E-state index contributed by atoms with van der Waals surface area (Å²) in [6.07, 6.45) is 0. The second-order valence-corrected chi connectivity index (χ2v) is 3.64. The van der Waals surface area contributed by atoms with Gasteiger partial charge in [0.05, 0.1) is 0 Å². The molecule has 0 heterocycles. The molecule has 5 heteroatoms. The van der Waals surface area contributed by atoms with Crippen LogP contribution in [0, 0.1) is 0 Å². The minimum atomic E-state index is -0.926. The van der Waals surface area contributed by atoms with Gasteiger partial charge in [0, 0.05) is 18.4 Å². The van der Waals surface area contributed by atoms with Crippen molar-refractivity contribution in [2.75, 3.05) is 19.0 Å². The van der Waals surface area contributed by atoms with E-state index in [-0.39, 0.29) is 12.4 Å². The van der Waals surface area contributed by atoms with Gasteiger partial charge in [0.2, 0.25) is 0 Å². The minimum absolute atomic E-state index is 0.0400.